The number of aliphatic hydroxyl groups is 4. The van der Waals surface area contributed by atoms with E-state index in [1.807, 2.05) is 0 Å². The highest BCUT2D eigenvalue weighted by atomic mass is 16.7. The molecule has 0 aliphatic carbocycles. The van der Waals surface area contributed by atoms with Gasteiger partial charge in [-0.2, -0.15) is 0 Å². The molecule has 0 unspecified atom stereocenters. The van der Waals surface area contributed by atoms with Gasteiger partial charge in [-0.15, -0.1) is 0 Å². The smallest absolute Gasteiger partial charge is 0.196 e. The number of benzene rings is 1. The lowest BCUT2D eigenvalue weighted by Crippen LogP contribution is -2.59. The first kappa shape index (κ1) is 19.8. The van der Waals surface area contributed by atoms with Crippen LogP contribution in [-0.4, -0.2) is 64.8 Å². The Labute approximate surface area is 163 Å². The second kappa shape index (κ2) is 7.75. The maximum Gasteiger partial charge on any atom is 0.196 e. The predicted octanol–water partition coefficient (Wildman–Crippen LogP) is -0.136. The van der Waals surface area contributed by atoms with E-state index in [4.69, 9.17) is 23.0 Å². The molecule has 1 aromatic carbocycles. The molecule has 10 heteroatoms. The highest BCUT2D eigenvalue weighted by Gasteiger charge is 2.44. The van der Waals surface area contributed by atoms with Crippen molar-refractivity contribution in [2.45, 2.75) is 37.3 Å². The summed E-state index contributed by atoms with van der Waals surface area (Å²) in [5.41, 5.74) is 0.340. The Morgan fingerprint density at radius 3 is 2.62 bits per heavy atom. The standard InChI is InChI=1S/C19H20O10/c1-25-18-9-2-3-26-11(9)5-12-14(18)10(21)4-8(28-12)7-27-19-17(24)16(23)15(22)13(6-20)29-19/h2-5,13,15-17,19-20,22-24H,6-7H2,1H3/t13-,15-,16+,17-,19+/m1/s1. The number of hydrogen-bond donors (Lipinski definition) is 4. The molecule has 5 atom stereocenters. The molecule has 0 spiro atoms. The summed E-state index contributed by atoms with van der Waals surface area (Å²) in [5.74, 6) is 0.467. The van der Waals surface area contributed by atoms with Crippen molar-refractivity contribution in [3.05, 3.63) is 40.4 Å². The topological polar surface area (TPSA) is 152 Å². The lowest BCUT2D eigenvalue weighted by Gasteiger charge is -2.39. The molecule has 10 nitrogen and oxygen atoms in total. The SMILES string of the molecule is COc1c2ccoc2cc2oc(CO[C@H]3O[C@H](CO)[C@@H](O)[C@H](O)[C@H]3O)cc(=O)c12. The fourth-order valence-electron chi connectivity index (χ4n) is 3.41. The molecular formula is C19H20O10. The van der Waals surface area contributed by atoms with Crippen LogP contribution in [0.15, 0.2) is 38.1 Å². The van der Waals surface area contributed by atoms with Gasteiger partial charge < -0.3 is 43.5 Å². The van der Waals surface area contributed by atoms with Gasteiger partial charge in [0.15, 0.2) is 11.7 Å². The summed E-state index contributed by atoms with van der Waals surface area (Å²) in [4.78, 5) is 12.6. The van der Waals surface area contributed by atoms with Crippen LogP contribution in [0.25, 0.3) is 21.9 Å². The van der Waals surface area contributed by atoms with Crippen molar-refractivity contribution in [1.29, 1.82) is 0 Å². The second-order valence-electron chi connectivity index (χ2n) is 6.70. The van der Waals surface area contributed by atoms with Crippen LogP contribution in [0.4, 0.5) is 0 Å². The minimum Gasteiger partial charge on any atom is -0.495 e. The minimum absolute atomic E-state index is 0.132. The molecule has 1 fully saturated rings. The number of fused-ring (bicyclic) bond motifs is 2. The molecule has 0 radical (unpaired) electrons. The largest absolute Gasteiger partial charge is 0.495 e. The molecule has 156 valence electrons. The van der Waals surface area contributed by atoms with E-state index in [1.54, 1.807) is 12.1 Å². The van der Waals surface area contributed by atoms with Crippen molar-refractivity contribution in [1.82, 2.24) is 0 Å². The van der Waals surface area contributed by atoms with Gasteiger partial charge in [-0.1, -0.05) is 0 Å². The van der Waals surface area contributed by atoms with Gasteiger partial charge in [-0.25, -0.2) is 0 Å². The normalized spacial score (nSPS) is 27.6. The Hall–Kier alpha value is -2.47. The molecule has 4 N–H and O–H groups in total. The second-order valence-corrected chi connectivity index (χ2v) is 6.70. The Balaban J connectivity index is 1.62. The van der Waals surface area contributed by atoms with Crippen LogP contribution in [0.2, 0.25) is 0 Å². The molecule has 0 bridgehead atoms. The fourth-order valence-corrected chi connectivity index (χ4v) is 3.41. The summed E-state index contributed by atoms with van der Waals surface area (Å²) in [6.07, 6.45) is -5.57. The lowest BCUT2D eigenvalue weighted by atomic mass is 9.99. The summed E-state index contributed by atoms with van der Waals surface area (Å²) < 4.78 is 27.1. The molecule has 3 heterocycles. The molecule has 0 saturated carbocycles. The molecule has 29 heavy (non-hydrogen) atoms. The number of ether oxygens (including phenoxy) is 3. The zero-order chi connectivity index (χ0) is 20.7. The van der Waals surface area contributed by atoms with Crippen LogP contribution in [0.3, 0.4) is 0 Å². The van der Waals surface area contributed by atoms with Gasteiger partial charge in [-0.05, 0) is 6.07 Å². The molecule has 0 amide bonds. The van der Waals surface area contributed by atoms with Gasteiger partial charge in [0.1, 0.15) is 59.1 Å². The molecule has 1 saturated heterocycles. The minimum atomic E-state index is -1.56. The number of furan rings is 1. The summed E-state index contributed by atoms with van der Waals surface area (Å²) >= 11 is 0. The number of rotatable bonds is 5. The third-order valence-electron chi connectivity index (χ3n) is 4.90. The monoisotopic (exact) mass is 408 g/mol. The van der Waals surface area contributed by atoms with Crippen LogP contribution in [0.5, 0.6) is 5.75 Å². The quantitative estimate of drug-likeness (QED) is 0.449. The van der Waals surface area contributed by atoms with E-state index < -0.39 is 37.3 Å². The van der Waals surface area contributed by atoms with E-state index in [9.17, 15) is 25.2 Å². The van der Waals surface area contributed by atoms with Crippen LogP contribution < -0.4 is 10.2 Å². The van der Waals surface area contributed by atoms with Gasteiger partial charge in [0.05, 0.1) is 25.4 Å². The van der Waals surface area contributed by atoms with E-state index in [2.05, 4.69) is 0 Å². The summed E-state index contributed by atoms with van der Waals surface area (Å²) in [7, 11) is 1.44. The highest BCUT2D eigenvalue weighted by Crippen LogP contribution is 2.34. The van der Waals surface area contributed by atoms with Gasteiger partial charge in [0.25, 0.3) is 0 Å². The van der Waals surface area contributed by atoms with E-state index in [1.165, 1.54) is 19.4 Å². The van der Waals surface area contributed by atoms with Gasteiger partial charge >= 0.3 is 0 Å². The van der Waals surface area contributed by atoms with E-state index >= 15 is 0 Å². The van der Waals surface area contributed by atoms with E-state index in [0.29, 0.717) is 16.7 Å². The molecule has 4 rings (SSSR count). The number of aliphatic hydroxyl groups excluding tert-OH is 4. The van der Waals surface area contributed by atoms with Crippen molar-refractivity contribution in [2.24, 2.45) is 0 Å². The van der Waals surface area contributed by atoms with E-state index in [-0.39, 0.29) is 28.8 Å². The highest BCUT2D eigenvalue weighted by molar-refractivity contribution is 6.01. The Morgan fingerprint density at radius 2 is 1.90 bits per heavy atom. The maximum atomic E-state index is 12.6. The average molecular weight is 408 g/mol. The van der Waals surface area contributed by atoms with Crippen molar-refractivity contribution in [3.8, 4) is 5.75 Å². The summed E-state index contributed by atoms with van der Waals surface area (Å²) in [6, 6.07) is 4.47. The van der Waals surface area contributed by atoms with Crippen molar-refractivity contribution >= 4 is 21.9 Å². The van der Waals surface area contributed by atoms with Gasteiger partial charge in [0, 0.05) is 12.1 Å². The van der Waals surface area contributed by atoms with Crippen molar-refractivity contribution in [2.75, 3.05) is 13.7 Å². The zero-order valence-electron chi connectivity index (χ0n) is 15.3. The van der Waals surface area contributed by atoms with Gasteiger partial charge in [0.2, 0.25) is 0 Å². The molecule has 3 aromatic rings. The van der Waals surface area contributed by atoms with Crippen LogP contribution in [-0.2, 0) is 16.1 Å². The molecular weight excluding hydrogens is 388 g/mol. The average Bonchev–Trinajstić information content (AvgIpc) is 3.18. The maximum absolute atomic E-state index is 12.6. The molecule has 1 aliphatic rings. The Kier molecular flexibility index (Phi) is 5.30. The van der Waals surface area contributed by atoms with Gasteiger partial charge in [-0.3, -0.25) is 4.79 Å². The van der Waals surface area contributed by atoms with Crippen LogP contribution in [0, 0.1) is 0 Å². The first-order valence-electron chi connectivity index (χ1n) is 8.87. The third kappa shape index (κ3) is 3.39. The Morgan fingerprint density at radius 1 is 1.10 bits per heavy atom. The van der Waals surface area contributed by atoms with Crippen LogP contribution in [0.1, 0.15) is 5.76 Å². The first-order chi connectivity index (χ1) is 13.9. The van der Waals surface area contributed by atoms with E-state index in [0.717, 1.165) is 0 Å². The Bertz CT molecular complexity index is 1070. The first-order valence-corrected chi connectivity index (χ1v) is 8.87. The molecule has 2 aromatic heterocycles. The summed E-state index contributed by atoms with van der Waals surface area (Å²) in [6.45, 7) is -0.846. The fraction of sp³-hybridized carbons (Fsp3) is 0.421. The number of methoxy groups -OCH3 is 1. The predicted molar refractivity (Wildman–Crippen MR) is 97.4 cm³/mol. The lowest BCUT2D eigenvalue weighted by molar-refractivity contribution is -0.304. The van der Waals surface area contributed by atoms with Crippen LogP contribution >= 0.6 is 0 Å². The summed E-state index contributed by atoms with van der Waals surface area (Å²) in [5, 5.41) is 39.8. The third-order valence-corrected chi connectivity index (χ3v) is 4.90. The van der Waals surface area contributed by atoms with Crippen molar-refractivity contribution < 1.29 is 43.5 Å². The molecule has 1 aliphatic heterocycles. The number of hydrogen-bond acceptors (Lipinski definition) is 10. The zero-order valence-corrected chi connectivity index (χ0v) is 15.3. The van der Waals surface area contributed by atoms with Crippen molar-refractivity contribution in [3.63, 3.8) is 0 Å².